The summed E-state index contributed by atoms with van der Waals surface area (Å²) in [6, 6.07) is 6.19. The van der Waals surface area contributed by atoms with Gasteiger partial charge in [-0.2, -0.15) is 8.78 Å². The molecule has 0 aliphatic carbocycles. The third-order valence-electron chi connectivity index (χ3n) is 1.15. The molecule has 0 spiro atoms. The Balaban J connectivity index is 2.91. The van der Waals surface area contributed by atoms with E-state index in [1.807, 2.05) is 0 Å². The second kappa shape index (κ2) is 3.49. The summed E-state index contributed by atoms with van der Waals surface area (Å²) in [5.41, 5.74) is 0.453. The summed E-state index contributed by atoms with van der Waals surface area (Å²) in [6.07, 6.45) is -0.914. The topological polar surface area (TPSA) is 0 Å². The summed E-state index contributed by atoms with van der Waals surface area (Å²) >= 11 is 5.54. The predicted octanol–water partition coefficient (Wildman–Crippen LogP) is 3.58. The van der Waals surface area contributed by atoms with Crippen molar-refractivity contribution in [3.63, 3.8) is 0 Å². The van der Waals surface area contributed by atoms with Gasteiger partial charge in [0.15, 0.2) is 0 Å². The van der Waals surface area contributed by atoms with E-state index in [0.29, 0.717) is 10.6 Å². The van der Waals surface area contributed by atoms with E-state index in [4.69, 9.17) is 11.6 Å². The van der Waals surface area contributed by atoms with Crippen LogP contribution in [-0.4, -0.2) is 0 Å². The maximum atomic E-state index is 11.6. The zero-order chi connectivity index (χ0) is 8.27. The van der Waals surface area contributed by atoms with E-state index in [1.54, 1.807) is 12.1 Å². The van der Waals surface area contributed by atoms with Gasteiger partial charge in [0.05, 0.1) is 0 Å². The number of halogens is 3. The molecule has 0 fully saturated rings. The summed E-state index contributed by atoms with van der Waals surface area (Å²) < 4.78 is 23.3. The molecule has 1 aromatic carbocycles. The molecule has 3 heteroatoms. The lowest BCUT2D eigenvalue weighted by molar-refractivity contribution is 0.429. The Morgan fingerprint density at radius 2 is 1.73 bits per heavy atom. The van der Waals surface area contributed by atoms with Crippen molar-refractivity contribution in [2.45, 2.75) is 0 Å². The Morgan fingerprint density at radius 1 is 1.18 bits per heavy atom. The normalized spacial score (nSPS) is 9.36. The van der Waals surface area contributed by atoms with Crippen molar-refractivity contribution in [1.29, 1.82) is 0 Å². The molecule has 0 radical (unpaired) electrons. The minimum absolute atomic E-state index is 0.453. The van der Waals surface area contributed by atoms with Crippen LogP contribution in [0.5, 0.6) is 0 Å². The van der Waals surface area contributed by atoms with Gasteiger partial charge in [0.25, 0.3) is 6.08 Å². The van der Waals surface area contributed by atoms with Crippen LogP contribution in [0, 0.1) is 0 Å². The molecular formula is C8H5ClF2. The molecule has 0 aromatic heterocycles. The van der Waals surface area contributed by atoms with Gasteiger partial charge in [-0.1, -0.05) is 23.7 Å². The van der Waals surface area contributed by atoms with E-state index in [-0.39, 0.29) is 0 Å². The third kappa shape index (κ3) is 2.68. The molecule has 0 aliphatic rings. The molecule has 58 valence electrons. The second-order valence-corrected chi connectivity index (χ2v) is 2.42. The summed E-state index contributed by atoms with van der Waals surface area (Å²) in [7, 11) is 0. The standard InChI is InChI=1S/C8H5ClF2/c9-7-3-1-6(2-4-7)5-8(10)11/h1-5H. The van der Waals surface area contributed by atoms with Gasteiger partial charge >= 0.3 is 0 Å². The van der Waals surface area contributed by atoms with Crippen LogP contribution in [0.3, 0.4) is 0 Å². The van der Waals surface area contributed by atoms with Crippen LogP contribution < -0.4 is 0 Å². The molecule has 0 atom stereocenters. The van der Waals surface area contributed by atoms with E-state index in [9.17, 15) is 8.78 Å². The first kappa shape index (κ1) is 8.21. The molecule has 0 heterocycles. The fourth-order valence-corrected chi connectivity index (χ4v) is 0.811. The maximum absolute atomic E-state index is 11.6. The zero-order valence-electron chi connectivity index (χ0n) is 5.52. The van der Waals surface area contributed by atoms with Gasteiger partial charge in [0.1, 0.15) is 0 Å². The summed E-state index contributed by atoms with van der Waals surface area (Å²) in [5.74, 6) is 0. The monoisotopic (exact) mass is 174 g/mol. The van der Waals surface area contributed by atoms with Crippen LogP contribution >= 0.6 is 11.6 Å². The highest BCUT2D eigenvalue weighted by Gasteiger charge is 1.91. The van der Waals surface area contributed by atoms with Crippen LogP contribution in [0.4, 0.5) is 8.78 Å². The highest BCUT2D eigenvalue weighted by Crippen LogP contribution is 2.13. The smallest absolute Gasteiger partial charge is 0.173 e. The van der Waals surface area contributed by atoms with Gasteiger partial charge in [-0.15, -0.1) is 0 Å². The van der Waals surface area contributed by atoms with Crippen molar-refractivity contribution in [1.82, 2.24) is 0 Å². The summed E-state index contributed by atoms with van der Waals surface area (Å²) in [5, 5.41) is 0.543. The van der Waals surface area contributed by atoms with Crippen molar-refractivity contribution in [2.75, 3.05) is 0 Å². The predicted molar refractivity (Wildman–Crippen MR) is 41.6 cm³/mol. The van der Waals surface area contributed by atoms with E-state index in [0.717, 1.165) is 6.08 Å². The van der Waals surface area contributed by atoms with Crippen molar-refractivity contribution < 1.29 is 8.78 Å². The van der Waals surface area contributed by atoms with Crippen LogP contribution in [0.2, 0.25) is 5.02 Å². The lowest BCUT2D eigenvalue weighted by Crippen LogP contribution is -1.70. The van der Waals surface area contributed by atoms with E-state index in [1.165, 1.54) is 12.1 Å². The van der Waals surface area contributed by atoms with Crippen LogP contribution in [0.15, 0.2) is 30.3 Å². The second-order valence-electron chi connectivity index (χ2n) is 1.99. The molecule has 0 saturated heterocycles. The fraction of sp³-hybridized carbons (Fsp3) is 0. The van der Waals surface area contributed by atoms with Crippen molar-refractivity contribution in [2.24, 2.45) is 0 Å². The molecule has 0 nitrogen and oxygen atoms in total. The number of hydrogen-bond acceptors (Lipinski definition) is 0. The fourth-order valence-electron chi connectivity index (χ4n) is 0.685. The van der Waals surface area contributed by atoms with Crippen LogP contribution in [0.1, 0.15) is 5.56 Å². The van der Waals surface area contributed by atoms with E-state index < -0.39 is 6.08 Å². The lowest BCUT2D eigenvalue weighted by Gasteiger charge is -1.91. The van der Waals surface area contributed by atoms with Gasteiger partial charge in [0, 0.05) is 11.1 Å². The van der Waals surface area contributed by atoms with Crippen molar-refractivity contribution >= 4 is 17.7 Å². The molecule has 1 aromatic rings. The minimum atomic E-state index is -1.70. The average Bonchev–Trinajstić information content (AvgIpc) is 1.93. The zero-order valence-corrected chi connectivity index (χ0v) is 6.28. The molecule has 0 unspecified atom stereocenters. The van der Waals surface area contributed by atoms with E-state index in [2.05, 4.69) is 0 Å². The molecule has 0 N–H and O–H groups in total. The average molecular weight is 175 g/mol. The van der Waals surface area contributed by atoms with Gasteiger partial charge < -0.3 is 0 Å². The molecule has 0 bridgehead atoms. The Hall–Kier alpha value is -0.890. The number of hydrogen-bond donors (Lipinski definition) is 0. The molecule has 11 heavy (non-hydrogen) atoms. The molecular weight excluding hydrogens is 170 g/mol. The quantitative estimate of drug-likeness (QED) is 0.611. The Morgan fingerprint density at radius 3 is 2.18 bits per heavy atom. The Bertz CT molecular complexity index is 260. The number of benzene rings is 1. The first-order valence-electron chi connectivity index (χ1n) is 2.97. The minimum Gasteiger partial charge on any atom is -0.173 e. The summed E-state index contributed by atoms with van der Waals surface area (Å²) in [4.78, 5) is 0. The van der Waals surface area contributed by atoms with Gasteiger partial charge in [-0.05, 0) is 17.7 Å². The number of rotatable bonds is 1. The van der Waals surface area contributed by atoms with Crippen molar-refractivity contribution in [3.05, 3.63) is 40.9 Å². The van der Waals surface area contributed by atoms with E-state index >= 15 is 0 Å². The highest BCUT2D eigenvalue weighted by atomic mass is 35.5. The first-order valence-corrected chi connectivity index (χ1v) is 3.34. The first-order chi connectivity index (χ1) is 5.18. The molecule has 0 saturated carbocycles. The third-order valence-corrected chi connectivity index (χ3v) is 1.40. The highest BCUT2D eigenvalue weighted by molar-refractivity contribution is 6.30. The maximum Gasteiger partial charge on any atom is 0.270 e. The van der Waals surface area contributed by atoms with Crippen molar-refractivity contribution in [3.8, 4) is 0 Å². The van der Waals surface area contributed by atoms with Gasteiger partial charge in [0.2, 0.25) is 0 Å². The summed E-state index contributed by atoms with van der Waals surface area (Å²) in [6.45, 7) is 0. The Kier molecular flexibility index (Phi) is 2.60. The Labute approximate surface area is 68.1 Å². The molecule has 1 rings (SSSR count). The molecule has 0 amide bonds. The van der Waals surface area contributed by atoms with Crippen LogP contribution in [-0.2, 0) is 0 Å². The molecule has 0 aliphatic heterocycles. The SMILES string of the molecule is FC(F)=Cc1ccc(Cl)cc1. The van der Waals surface area contributed by atoms with Gasteiger partial charge in [-0.3, -0.25) is 0 Å². The van der Waals surface area contributed by atoms with Crippen LogP contribution in [0.25, 0.3) is 6.08 Å². The van der Waals surface area contributed by atoms with Gasteiger partial charge in [-0.25, -0.2) is 0 Å². The largest absolute Gasteiger partial charge is 0.270 e. The lowest BCUT2D eigenvalue weighted by atomic mass is 10.2.